The summed E-state index contributed by atoms with van der Waals surface area (Å²) in [5.41, 5.74) is -0.0182. The molecule has 0 aromatic carbocycles. The van der Waals surface area contributed by atoms with Gasteiger partial charge < -0.3 is 4.98 Å². The maximum absolute atomic E-state index is 10.9. The lowest BCUT2D eigenvalue weighted by atomic mass is 10.1. The van der Waals surface area contributed by atoms with Crippen molar-refractivity contribution in [2.75, 3.05) is 0 Å². The number of hydrogen-bond donors (Lipinski definition) is 1. The van der Waals surface area contributed by atoms with Gasteiger partial charge in [-0.25, -0.2) is 0 Å². The van der Waals surface area contributed by atoms with Gasteiger partial charge in [-0.05, 0) is 30.0 Å². The zero-order valence-corrected chi connectivity index (χ0v) is 11.7. The Hall–Kier alpha value is -1.31. The van der Waals surface area contributed by atoms with Gasteiger partial charge in [0.2, 0.25) is 5.56 Å². The molecule has 1 aromatic heterocycles. The highest BCUT2D eigenvalue weighted by Crippen LogP contribution is 1.92. The lowest BCUT2D eigenvalue weighted by Crippen LogP contribution is -2.34. The van der Waals surface area contributed by atoms with Gasteiger partial charge in [-0.1, -0.05) is 46.8 Å². The molecule has 0 bridgehead atoms. The van der Waals surface area contributed by atoms with Crippen molar-refractivity contribution in [3.05, 3.63) is 33.1 Å². The Morgan fingerprint density at radius 2 is 1.59 bits per heavy atom. The summed E-state index contributed by atoms with van der Waals surface area (Å²) in [5.74, 6) is 0.833. The molecule has 96 valence electrons. The molecule has 17 heavy (non-hydrogen) atoms. The van der Waals surface area contributed by atoms with Gasteiger partial charge in [-0.15, -0.1) is 0 Å². The molecule has 2 heteroatoms. The van der Waals surface area contributed by atoms with Crippen molar-refractivity contribution in [1.82, 2.24) is 4.98 Å². The molecule has 1 aliphatic rings. The quantitative estimate of drug-likeness (QED) is 0.736. The van der Waals surface area contributed by atoms with E-state index in [-0.39, 0.29) is 5.56 Å². The zero-order chi connectivity index (χ0) is 13.3. The molecular formula is C15H25NO. The molecule has 1 aliphatic carbocycles. The summed E-state index contributed by atoms with van der Waals surface area (Å²) in [6.45, 7) is 10.5. The fraction of sp³-hybridized carbons (Fsp3) is 0.533. The molecule has 0 atom stereocenters. The van der Waals surface area contributed by atoms with Gasteiger partial charge in [0, 0.05) is 11.4 Å². The predicted molar refractivity (Wildman–Crippen MR) is 76.3 cm³/mol. The third kappa shape index (κ3) is 6.77. The number of aromatic amines is 1. The second kappa shape index (κ2) is 8.80. The first-order valence-corrected chi connectivity index (χ1v) is 6.49. The van der Waals surface area contributed by atoms with Crippen LogP contribution in [0.15, 0.2) is 16.9 Å². The van der Waals surface area contributed by atoms with E-state index in [9.17, 15) is 4.79 Å². The summed E-state index contributed by atoms with van der Waals surface area (Å²) in [4.78, 5) is 13.6. The lowest BCUT2D eigenvalue weighted by Gasteiger charge is -1.96. The SMILES string of the molecule is CC.CC(C)C.O=c1ccc2c([nH]1)=CCCC=2. The third-order valence-electron chi connectivity index (χ3n) is 1.86. The van der Waals surface area contributed by atoms with Crippen LogP contribution in [0.2, 0.25) is 0 Å². The van der Waals surface area contributed by atoms with Gasteiger partial charge in [0.1, 0.15) is 0 Å². The highest BCUT2D eigenvalue weighted by atomic mass is 16.1. The van der Waals surface area contributed by atoms with Crippen LogP contribution in [0.3, 0.4) is 0 Å². The number of aromatic nitrogens is 1. The molecule has 1 heterocycles. The second-order valence-electron chi connectivity index (χ2n) is 4.41. The fourth-order valence-corrected chi connectivity index (χ4v) is 1.32. The Kier molecular flexibility index (Phi) is 8.12. The summed E-state index contributed by atoms with van der Waals surface area (Å²) in [7, 11) is 0. The zero-order valence-electron chi connectivity index (χ0n) is 11.7. The number of nitrogens with one attached hydrogen (secondary N) is 1. The molecule has 0 fully saturated rings. The monoisotopic (exact) mass is 235 g/mol. The maximum Gasteiger partial charge on any atom is 0.248 e. The topological polar surface area (TPSA) is 32.9 Å². The van der Waals surface area contributed by atoms with Gasteiger partial charge in [0.25, 0.3) is 0 Å². The van der Waals surface area contributed by atoms with Crippen LogP contribution in [0.1, 0.15) is 47.5 Å². The molecule has 0 spiro atoms. The highest BCUT2D eigenvalue weighted by Gasteiger charge is 1.91. The average molecular weight is 235 g/mol. The summed E-state index contributed by atoms with van der Waals surface area (Å²) in [6.07, 6.45) is 6.33. The molecule has 0 saturated carbocycles. The first kappa shape index (κ1) is 15.7. The molecule has 0 unspecified atom stereocenters. The summed E-state index contributed by atoms with van der Waals surface area (Å²) < 4.78 is 0. The minimum absolute atomic E-state index is 0.0182. The van der Waals surface area contributed by atoms with Gasteiger partial charge in [-0.2, -0.15) is 0 Å². The number of hydrogen-bond acceptors (Lipinski definition) is 1. The van der Waals surface area contributed by atoms with E-state index in [0.29, 0.717) is 0 Å². The van der Waals surface area contributed by atoms with Crippen molar-refractivity contribution in [2.24, 2.45) is 5.92 Å². The van der Waals surface area contributed by atoms with Crippen LogP contribution in [0.4, 0.5) is 0 Å². The van der Waals surface area contributed by atoms with Crippen molar-refractivity contribution in [3.63, 3.8) is 0 Å². The Labute approximate surface area is 104 Å². The molecule has 0 radical (unpaired) electrons. The lowest BCUT2D eigenvalue weighted by molar-refractivity contribution is 0.737. The fourth-order valence-electron chi connectivity index (χ4n) is 1.32. The number of H-pyrrole nitrogens is 1. The normalized spacial score (nSPS) is 11.9. The molecule has 0 saturated heterocycles. The summed E-state index contributed by atoms with van der Waals surface area (Å²) >= 11 is 0. The number of rotatable bonds is 0. The van der Waals surface area contributed by atoms with E-state index in [2.05, 4.69) is 37.9 Å². The Bertz CT molecular complexity index is 466. The van der Waals surface area contributed by atoms with E-state index in [4.69, 9.17) is 0 Å². The van der Waals surface area contributed by atoms with E-state index >= 15 is 0 Å². The first-order chi connectivity index (χ1) is 8.09. The van der Waals surface area contributed by atoms with Crippen LogP contribution in [0, 0.1) is 5.92 Å². The molecule has 0 aliphatic heterocycles. The Balaban J connectivity index is 0.000000368. The molecule has 1 N–H and O–H groups in total. The standard InChI is InChI=1S/C9H9NO.C4H10.C2H6/c11-9-6-5-7-3-1-2-4-8(7)10-9;1-4(2)3;1-2/h3-6H,1-2H2,(H,10,11);4H,1-3H3;1-2H3. The van der Waals surface area contributed by atoms with Gasteiger partial charge in [0.05, 0.1) is 0 Å². The Morgan fingerprint density at radius 3 is 2.18 bits per heavy atom. The van der Waals surface area contributed by atoms with E-state index in [1.54, 1.807) is 6.07 Å². The number of fused-ring (bicyclic) bond motifs is 1. The third-order valence-corrected chi connectivity index (χ3v) is 1.86. The predicted octanol–water partition coefficient (Wildman–Crippen LogP) is 2.42. The van der Waals surface area contributed by atoms with Crippen LogP contribution in [0.25, 0.3) is 12.2 Å². The first-order valence-electron chi connectivity index (χ1n) is 6.49. The molecular weight excluding hydrogens is 210 g/mol. The average Bonchev–Trinajstić information content (AvgIpc) is 2.31. The van der Waals surface area contributed by atoms with E-state index < -0.39 is 0 Å². The molecule has 1 aromatic rings. The van der Waals surface area contributed by atoms with Crippen LogP contribution < -0.4 is 16.1 Å². The van der Waals surface area contributed by atoms with Gasteiger partial charge >= 0.3 is 0 Å². The maximum atomic E-state index is 10.9. The van der Waals surface area contributed by atoms with Crippen LogP contribution in [-0.4, -0.2) is 4.98 Å². The van der Waals surface area contributed by atoms with Crippen LogP contribution >= 0.6 is 0 Å². The largest absolute Gasteiger partial charge is 0.322 e. The number of pyridine rings is 1. The molecule has 0 amide bonds. The van der Waals surface area contributed by atoms with Gasteiger partial charge in [-0.3, -0.25) is 4.79 Å². The van der Waals surface area contributed by atoms with Crippen molar-refractivity contribution < 1.29 is 0 Å². The summed E-state index contributed by atoms with van der Waals surface area (Å²) in [5, 5.41) is 2.12. The van der Waals surface area contributed by atoms with E-state index in [0.717, 1.165) is 29.3 Å². The van der Waals surface area contributed by atoms with Crippen molar-refractivity contribution in [2.45, 2.75) is 47.5 Å². The highest BCUT2D eigenvalue weighted by molar-refractivity contribution is 5.34. The molecule has 2 rings (SSSR count). The van der Waals surface area contributed by atoms with Crippen molar-refractivity contribution in [1.29, 1.82) is 0 Å². The van der Waals surface area contributed by atoms with E-state index in [1.807, 2.05) is 19.9 Å². The van der Waals surface area contributed by atoms with Crippen molar-refractivity contribution in [3.8, 4) is 0 Å². The minimum atomic E-state index is -0.0182. The Morgan fingerprint density at radius 1 is 1.06 bits per heavy atom. The van der Waals surface area contributed by atoms with Gasteiger partial charge in [0.15, 0.2) is 0 Å². The van der Waals surface area contributed by atoms with E-state index in [1.165, 1.54) is 0 Å². The second-order valence-corrected chi connectivity index (χ2v) is 4.41. The van der Waals surface area contributed by atoms with Crippen LogP contribution in [0.5, 0.6) is 0 Å². The summed E-state index contributed by atoms with van der Waals surface area (Å²) in [6, 6.07) is 3.43. The molecule has 2 nitrogen and oxygen atoms in total. The van der Waals surface area contributed by atoms with Crippen molar-refractivity contribution >= 4 is 12.2 Å². The smallest absolute Gasteiger partial charge is 0.248 e. The van der Waals surface area contributed by atoms with Crippen LogP contribution in [-0.2, 0) is 0 Å². The minimum Gasteiger partial charge on any atom is -0.322 e.